The molecular formula is C18H25NO. The zero-order valence-electron chi connectivity index (χ0n) is 12.8. The number of fused-ring (bicyclic) bond motifs is 1. The molecule has 1 aliphatic carbocycles. The van der Waals surface area contributed by atoms with E-state index >= 15 is 0 Å². The number of nitrogens with one attached hydrogen (secondary N) is 1. The Balaban J connectivity index is 2.00. The highest BCUT2D eigenvalue weighted by Gasteiger charge is 2.33. The fraction of sp³-hybridized carbons (Fsp3) is 0.611. The van der Waals surface area contributed by atoms with Crippen LogP contribution in [0.15, 0.2) is 18.2 Å². The lowest BCUT2D eigenvalue weighted by molar-refractivity contribution is 0.0934. The van der Waals surface area contributed by atoms with Gasteiger partial charge in [0, 0.05) is 18.0 Å². The van der Waals surface area contributed by atoms with Crippen LogP contribution in [-0.4, -0.2) is 12.5 Å². The van der Waals surface area contributed by atoms with Crippen molar-refractivity contribution in [3.05, 3.63) is 34.9 Å². The van der Waals surface area contributed by atoms with Crippen molar-refractivity contribution in [2.75, 3.05) is 6.54 Å². The molecule has 2 nitrogen and oxygen atoms in total. The number of amides is 1. The smallest absolute Gasteiger partial charge is 0.251 e. The molecule has 1 aromatic rings. The Kier molecular flexibility index (Phi) is 3.35. The lowest BCUT2D eigenvalue weighted by Gasteiger charge is -2.31. The Morgan fingerprint density at radius 3 is 2.50 bits per heavy atom. The molecule has 1 heterocycles. The molecule has 1 saturated carbocycles. The third-order valence-electron chi connectivity index (χ3n) is 5.01. The van der Waals surface area contributed by atoms with Crippen molar-refractivity contribution < 1.29 is 4.79 Å². The van der Waals surface area contributed by atoms with Gasteiger partial charge in [-0.3, -0.25) is 4.79 Å². The predicted molar refractivity (Wildman–Crippen MR) is 82.2 cm³/mol. The average Bonchev–Trinajstić information content (AvgIpc) is 2.91. The highest BCUT2D eigenvalue weighted by molar-refractivity contribution is 5.97. The summed E-state index contributed by atoms with van der Waals surface area (Å²) in [5.41, 5.74) is 3.54. The maximum atomic E-state index is 12.2. The summed E-state index contributed by atoms with van der Waals surface area (Å²) in [6.07, 6.45) is 5.34. The van der Waals surface area contributed by atoms with Crippen molar-refractivity contribution in [1.29, 1.82) is 0 Å². The Hall–Kier alpha value is -1.31. The third-order valence-corrected chi connectivity index (χ3v) is 5.01. The molecule has 1 unspecified atom stereocenters. The molecule has 1 aliphatic heterocycles. The minimum atomic E-state index is 0.0929. The summed E-state index contributed by atoms with van der Waals surface area (Å²) in [5, 5.41) is 3.10. The van der Waals surface area contributed by atoms with Gasteiger partial charge in [-0.05, 0) is 41.4 Å². The summed E-state index contributed by atoms with van der Waals surface area (Å²) in [6, 6.07) is 6.56. The minimum absolute atomic E-state index is 0.0929. The van der Waals surface area contributed by atoms with Crippen LogP contribution in [0.5, 0.6) is 0 Å². The quantitative estimate of drug-likeness (QED) is 0.821. The first-order valence-corrected chi connectivity index (χ1v) is 7.89. The number of carbonyl (C=O) groups excluding carboxylic acids is 1. The summed E-state index contributed by atoms with van der Waals surface area (Å²) in [5.74, 6) is 1.40. The Bertz CT molecular complexity index is 521. The van der Waals surface area contributed by atoms with Gasteiger partial charge >= 0.3 is 0 Å². The van der Waals surface area contributed by atoms with E-state index in [9.17, 15) is 4.79 Å². The second kappa shape index (κ2) is 4.91. The number of carbonyl (C=O) groups is 1. The van der Waals surface area contributed by atoms with Crippen molar-refractivity contribution in [3.63, 3.8) is 0 Å². The maximum absolute atomic E-state index is 12.2. The molecule has 1 atom stereocenters. The van der Waals surface area contributed by atoms with Crippen LogP contribution in [0.4, 0.5) is 0 Å². The summed E-state index contributed by atoms with van der Waals surface area (Å²) in [6.45, 7) is 7.42. The molecule has 1 N–H and O–H groups in total. The molecule has 0 aromatic heterocycles. The van der Waals surface area contributed by atoms with Crippen LogP contribution in [0.2, 0.25) is 0 Å². The van der Waals surface area contributed by atoms with Crippen LogP contribution >= 0.6 is 0 Å². The van der Waals surface area contributed by atoms with Gasteiger partial charge in [-0.1, -0.05) is 45.7 Å². The third kappa shape index (κ3) is 2.36. The summed E-state index contributed by atoms with van der Waals surface area (Å²) in [7, 11) is 0. The van der Waals surface area contributed by atoms with Crippen molar-refractivity contribution in [3.8, 4) is 0 Å². The Labute approximate surface area is 122 Å². The highest BCUT2D eigenvalue weighted by Crippen LogP contribution is 2.40. The van der Waals surface area contributed by atoms with Gasteiger partial charge in [-0.2, -0.15) is 0 Å². The van der Waals surface area contributed by atoms with E-state index in [1.165, 1.54) is 36.8 Å². The zero-order valence-corrected chi connectivity index (χ0v) is 12.8. The van der Waals surface area contributed by atoms with E-state index in [-0.39, 0.29) is 11.3 Å². The van der Waals surface area contributed by atoms with Gasteiger partial charge < -0.3 is 5.32 Å². The standard InChI is InChI=1S/C18H25NO/c1-18(2,3)13-8-9-14-15(10-13)17(20)19-11-16(14)12-6-4-5-7-12/h8-10,12,16H,4-7,11H2,1-3H3,(H,19,20). The fourth-order valence-corrected chi connectivity index (χ4v) is 3.73. The normalized spacial score (nSPS) is 23.6. The van der Waals surface area contributed by atoms with Crippen molar-refractivity contribution >= 4 is 5.91 Å². The molecule has 0 saturated heterocycles. The number of rotatable bonds is 1. The monoisotopic (exact) mass is 271 g/mol. The van der Waals surface area contributed by atoms with Gasteiger partial charge in [0.25, 0.3) is 5.91 Å². The second-order valence-corrected chi connectivity index (χ2v) is 7.41. The maximum Gasteiger partial charge on any atom is 0.251 e. The largest absolute Gasteiger partial charge is 0.351 e. The molecule has 0 radical (unpaired) electrons. The van der Waals surface area contributed by atoms with Gasteiger partial charge in [-0.15, -0.1) is 0 Å². The topological polar surface area (TPSA) is 29.1 Å². The molecule has 1 fully saturated rings. The van der Waals surface area contributed by atoms with Crippen molar-refractivity contribution in [1.82, 2.24) is 5.32 Å². The van der Waals surface area contributed by atoms with E-state index in [4.69, 9.17) is 0 Å². The molecule has 2 aliphatic rings. The lowest BCUT2D eigenvalue weighted by atomic mass is 9.77. The second-order valence-electron chi connectivity index (χ2n) is 7.41. The molecule has 3 rings (SSSR count). The first-order chi connectivity index (χ1) is 9.47. The average molecular weight is 271 g/mol. The predicted octanol–water partition coefficient (Wildman–Crippen LogP) is 4.00. The first kappa shape index (κ1) is 13.7. The fourth-order valence-electron chi connectivity index (χ4n) is 3.73. The van der Waals surface area contributed by atoms with Crippen molar-refractivity contribution in [2.24, 2.45) is 5.92 Å². The molecule has 1 aromatic carbocycles. The molecule has 20 heavy (non-hydrogen) atoms. The molecule has 108 valence electrons. The Morgan fingerprint density at radius 2 is 1.85 bits per heavy atom. The van der Waals surface area contributed by atoms with Crippen LogP contribution in [0.1, 0.15) is 73.9 Å². The van der Waals surface area contributed by atoms with Gasteiger partial charge in [0.15, 0.2) is 0 Å². The van der Waals surface area contributed by atoms with E-state index in [0.29, 0.717) is 5.92 Å². The molecule has 2 heteroatoms. The lowest BCUT2D eigenvalue weighted by Crippen LogP contribution is -2.37. The van der Waals surface area contributed by atoms with Crippen LogP contribution in [-0.2, 0) is 5.41 Å². The van der Waals surface area contributed by atoms with Crippen LogP contribution in [0.3, 0.4) is 0 Å². The zero-order chi connectivity index (χ0) is 14.3. The highest BCUT2D eigenvalue weighted by atomic mass is 16.1. The van der Waals surface area contributed by atoms with Gasteiger partial charge in [0.1, 0.15) is 0 Å². The summed E-state index contributed by atoms with van der Waals surface area (Å²) >= 11 is 0. The van der Waals surface area contributed by atoms with Gasteiger partial charge in [0.05, 0.1) is 0 Å². The Morgan fingerprint density at radius 1 is 1.15 bits per heavy atom. The van der Waals surface area contributed by atoms with E-state index in [2.05, 4.69) is 44.3 Å². The van der Waals surface area contributed by atoms with Crippen LogP contribution < -0.4 is 5.32 Å². The minimum Gasteiger partial charge on any atom is -0.351 e. The van der Waals surface area contributed by atoms with E-state index in [0.717, 1.165) is 18.0 Å². The molecule has 1 amide bonds. The van der Waals surface area contributed by atoms with E-state index in [1.54, 1.807) is 0 Å². The SMILES string of the molecule is CC(C)(C)c1ccc2c(c1)C(=O)NCC2C1CCCC1. The number of benzene rings is 1. The first-order valence-electron chi connectivity index (χ1n) is 7.89. The van der Waals surface area contributed by atoms with Gasteiger partial charge in [0.2, 0.25) is 0 Å². The molecular weight excluding hydrogens is 246 g/mol. The number of hydrogen-bond acceptors (Lipinski definition) is 1. The molecule has 0 bridgehead atoms. The van der Waals surface area contributed by atoms with Crippen molar-refractivity contribution in [2.45, 2.75) is 57.8 Å². The van der Waals surface area contributed by atoms with Gasteiger partial charge in [-0.25, -0.2) is 0 Å². The van der Waals surface area contributed by atoms with E-state index in [1.807, 2.05) is 0 Å². The van der Waals surface area contributed by atoms with E-state index < -0.39 is 0 Å². The van der Waals surface area contributed by atoms with Crippen LogP contribution in [0, 0.1) is 5.92 Å². The summed E-state index contributed by atoms with van der Waals surface area (Å²) < 4.78 is 0. The number of hydrogen-bond donors (Lipinski definition) is 1. The molecule has 0 spiro atoms. The summed E-state index contributed by atoms with van der Waals surface area (Å²) in [4.78, 5) is 12.2. The van der Waals surface area contributed by atoms with Crippen LogP contribution in [0.25, 0.3) is 0 Å².